The minimum absolute atomic E-state index is 0.326. The zero-order valence-corrected chi connectivity index (χ0v) is 10.3. The molecule has 4 heteroatoms. The van der Waals surface area contributed by atoms with E-state index in [0.717, 1.165) is 17.4 Å². The summed E-state index contributed by atoms with van der Waals surface area (Å²) in [5.74, 6) is -0.370. The molecular formula is C14H15F2NO. The van der Waals surface area contributed by atoms with Crippen LogP contribution in [0, 0.1) is 18.6 Å². The van der Waals surface area contributed by atoms with Crippen molar-refractivity contribution in [2.75, 3.05) is 6.54 Å². The van der Waals surface area contributed by atoms with Crippen LogP contribution in [0.1, 0.15) is 29.9 Å². The van der Waals surface area contributed by atoms with Crippen LogP contribution in [0.4, 0.5) is 8.78 Å². The highest BCUT2D eigenvalue weighted by Crippen LogP contribution is 2.26. The molecule has 0 saturated heterocycles. The van der Waals surface area contributed by atoms with Crippen LogP contribution in [0.15, 0.2) is 34.9 Å². The number of benzene rings is 1. The minimum atomic E-state index is -0.574. The second kappa shape index (κ2) is 5.31. The molecule has 0 fully saturated rings. The maximum absolute atomic E-state index is 13.8. The number of rotatable bonds is 4. The Hall–Kier alpha value is -1.68. The Morgan fingerprint density at radius 3 is 2.61 bits per heavy atom. The van der Waals surface area contributed by atoms with E-state index in [1.165, 1.54) is 12.1 Å². The molecule has 0 spiro atoms. The number of nitrogens with one attached hydrogen (secondary N) is 1. The van der Waals surface area contributed by atoms with Crippen molar-refractivity contribution in [2.45, 2.75) is 19.9 Å². The molecule has 0 aliphatic carbocycles. The van der Waals surface area contributed by atoms with Crippen LogP contribution in [0.2, 0.25) is 0 Å². The predicted molar refractivity (Wildman–Crippen MR) is 65.3 cm³/mol. The lowest BCUT2D eigenvalue weighted by molar-refractivity contribution is 0.517. The first-order valence-electron chi connectivity index (χ1n) is 5.85. The SMILES string of the molecule is CCNC(c1coc(C)c1)c1ccc(F)cc1F. The van der Waals surface area contributed by atoms with Crippen molar-refractivity contribution in [3.8, 4) is 0 Å². The summed E-state index contributed by atoms with van der Waals surface area (Å²) in [6, 6.07) is 5.13. The van der Waals surface area contributed by atoms with Crippen molar-refractivity contribution >= 4 is 0 Å². The van der Waals surface area contributed by atoms with Crippen molar-refractivity contribution in [1.82, 2.24) is 5.32 Å². The molecule has 2 rings (SSSR count). The van der Waals surface area contributed by atoms with Crippen LogP contribution in [0.25, 0.3) is 0 Å². The summed E-state index contributed by atoms with van der Waals surface area (Å²) >= 11 is 0. The smallest absolute Gasteiger partial charge is 0.131 e. The fraction of sp³-hybridized carbons (Fsp3) is 0.286. The van der Waals surface area contributed by atoms with Gasteiger partial charge in [-0.1, -0.05) is 13.0 Å². The van der Waals surface area contributed by atoms with Crippen molar-refractivity contribution in [3.63, 3.8) is 0 Å². The molecule has 96 valence electrons. The zero-order chi connectivity index (χ0) is 13.1. The highest BCUT2D eigenvalue weighted by molar-refractivity contribution is 5.32. The molecule has 0 aliphatic rings. The fourth-order valence-corrected chi connectivity index (χ4v) is 1.96. The molecule has 18 heavy (non-hydrogen) atoms. The van der Waals surface area contributed by atoms with Gasteiger partial charge >= 0.3 is 0 Å². The van der Waals surface area contributed by atoms with Gasteiger partial charge in [0.1, 0.15) is 17.4 Å². The number of furan rings is 1. The normalized spacial score (nSPS) is 12.7. The Kier molecular flexibility index (Phi) is 3.77. The van der Waals surface area contributed by atoms with Gasteiger partial charge in [-0.25, -0.2) is 8.78 Å². The molecule has 0 amide bonds. The summed E-state index contributed by atoms with van der Waals surface area (Å²) in [6.45, 7) is 4.43. The van der Waals surface area contributed by atoms with Gasteiger partial charge in [0.2, 0.25) is 0 Å². The highest BCUT2D eigenvalue weighted by atomic mass is 19.1. The van der Waals surface area contributed by atoms with Crippen molar-refractivity contribution in [1.29, 1.82) is 0 Å². The first-order valence-corrected chi connectivity index (χ1v) is 5.85. The monoisotopic (exact) mass is 251 g/mol. The number of aryl methyl sites for hydroxylation is 1. The first kappa shape index (κ1) is 12.8. The summed E-state index contributed by atoms with van der Waals surface area (Å²) in [6.07, 6.45) is 1.59. The Balaban J connectivity index is 2.41. The van der Waals surface area contributed by atoms with Crippen LogP contribution in [-0.2, 0) is 0 Å². The summed E-state index contributed by atoms with van der Waals surface area (Å²) in [7, 11) is 0. The van der Waals surface area contributed by atoms with Crippen LogP contribution in [-0.4, -0.2) is 6.54 Å². The topological polar surface area (TPSA) is 25.2 Å². The van der Waals surface area contributed by atoms with Gasteiger partial charge in [-0.15, -0.1) is 0 Å². The van der Waals surface area contributed by atoms with Crippen molar-refractivity contribution in [2.24, 2.45) is 0 Å². The van der Waals surface area contributed by atoms with Crippen molar-refractivity contribution < 1.29 is 13.2 Å². The third kappa shape index (κ3) is 2.59. The van der Waals surface area contributed by atoms with Gasteiger partial charge in [0.05, 0.1) is 12.3 Å². The predicted octanol–water partition coefficient (Wildman–Crippen LogP) is 3.57. The number of hydrogen-bond acceptors (Lipinski definition) is 2. The lowest BCUT2D eigenvalue weighted by Gasteiger charge is -2.17. The highest BCUT2D eigenvalue weighted by Gasteiger charge is 2.19. The third-order valence-corrected chi connectivity index (χ3v) is 2.77. The van der Waals surface area contributed by atoms with E-state index in [9.17, 15) is 8.78 Å². The number of hydrogen-bond donors (Lipinski definition) is 1. The summed E-state index contributed by atoms with van der Waals surface area (Å²) in [4.78, 5) is 0. The Bertz CT molecular complexity index is 536. The van der Waals surface area contributed by atoms with Gasteiger partial charge < -0.3 is 9.73 Å². The van der Waals surface area contributed by atoms with E-state index in [1.807, 2.05) is 19.9 Å². The van der Waals surface area contributed by atoms with E-state index in [4.69, 9.17) is 4.42 Å². The van der Waals surface area contributed by atoms with E-state index in [1.54, 1.807) is 6.26 Å². The van der Waals surface area contributed by atoms with Gasteiger partial charge in [0, 0.05) is 17.2 Å². The molecule has 1 N–H and O–H groups in total. The molecule has 1 atom stereocenters. The van der Waals surface area contributed by atoms with Gasteiger partial charge in [0.15, 0.2) is 0 Å². The van der Waals surface area contributed by atoms with E-state index in [2.05, 4.69) is 5.32 Å². The molecule has 0 aliphatic heterocycles. The average Bonchev–Trinajstić information content (AvgIpc) is 2.73. The maximum atomic E-state index is 13.8. The molecule has 2 nitrogen and oxygen atoms in total. The lowest BCUT2D eigenvalue weighted by atomic mass is 10.00. The van der Waals surface area contributed by atoms with Crippen LogP contribution in [0.5, 0.6) is 0 Å². The molecule has 1 aromatic heterocycles. The van der Waals surface area contributed by atoms with E-state index >= 15 is 0 Å². The van der Waals surface area contributed by atoms with E-state index < -0.39 is 11.6 Å². The second-order valence-electron chi connectivity index (χ2n) is 4.15. The Morgan fingerprint density at radius 2 is 2.06 bits per heavy atom. The van der Waals surface area contributed by atoms with E-state index in [0.29, 0.717) is 12.1 Å². The summed E-state index contributed by atoms with van der Waals surface area (Å²) in [5, 5.41) is 3.17. The van der Waals surface area contributed by atoms with Gasteiger partial charge in [-0.05, 0) is 25.6 Å². The van der Waals surface area contributed by atoms with Gasteiger partial charge in [-0.3, -0.25) is 0 Å². The summed E-state index contributed by atoms with van der Waals surface area (Å²) in [5.41, 5.74) is 1.25. The minimum Gasteiger partial charge on any atom is -0.469 e. The third-order valence-electron chi connectivity index (χ3n) is 2.77. The number of halogens is 2. The van der Waals surface area contributed by atoms with Crippen LogP contribution >= 0.6 is 0 Å². The molecule has 1 aromatic carbocycles. The average molecular weight is 251 g/mol. The Labute approximate surface area is 105 Å². The van der Waals surface area contributed by atoms with E-state index in [-0.39, 0.29) is 6.04 Å². The van der Waals surface area contributed by atoms with Crippen molar-refractivity contribution in [3.05, 3.63) is 59.1 Å². The molecular weight excluding hydrogens is 236 g/mol. The lowest BCUT2D eigenvalue weighted by Crippen LogP contribution is -2.22. The largest absolute Gasteiger partial charge is 0.469 e. The first-order chi connectivity index (χ1) is 8.61. The molecule has 2 aromatic rings. The second-order valence-corrected chi connectivity index (χ2v) is 4.15. The van der Waals surface area contributed by atoms with Gasteiger partial charge in [0.25, 0.3) is 0 Å². The molecule has 1 unspecified atom stereocenters. The maximum Gasteiger partial charge on any atom is 0.131 e. The van der Waals surface area contributed by atoms with Gasteiger partial charge in [-0.2, -0.15) is 0 Å². The molecule has 1 heterocycles. The summed E-state index contributed by atoms with van der Waals surface area (Å²) < 4.78 is 32.0. The molecule has 0 bridgehead atoms. The molecule has 0 saturated carbocycles. The van der Waals surface area contributed by atoms with Crippen LogP contribution < -0.4 is 5.32 Å². The fourth-order valence-electron chi connectivity index (χ4n) is 1.96. The quantitative estimate of drug-likeness (QED) is 0.898. The van der Waals surface area contributed by atoms with Crippen LogP contribution in [0.3, 0.4) is 0 Å². The zero-order valence-electron chi connectivity index (χ0n) is 10.3. The Morgan fingerprint density at radius 1 is 1.28 bits per heavy atom. The molecule has 0 radical (unpaired) electrons. The standard InChI is InChI=1S/C14H15F2NO/c1-3-17-14(10-6-9(2)18-8-10)12-5-4-11(15)7-13(12)16/h4-8,14,17H,3H2,1-2H3.